The first-order chi connectivity index (χ1) is 9.21. The second kappa shape index (κ2) is 6.38. The van der Waals surface area contributed by atoms with Gasteiger partial charge in [-0.1, -0.05) is 23.9 Å². The van der Waals surface area contributed by atoms with E-state index in [4.69, 9.17) is 0 Å². The maximum atomic E-state index is 13.1. The Morgan fingerprint density at radius 2 is 2.00 bits per heavy atom. The number of hydrogen-bond donors (Lipinski definition) is 2. The van der Waals surface area contributed by atoms with Gasteiger partial charge in [-0.2, -0.15) is 0 Å². The third-order valence-electron chi connectivity index (χ3n) is 2.51. The van der Waals surface area contributed by atoms with E-state index in [1.807, 2.05) is 25.4 Å². The number of halogens is 1. The second-order valence-electron chi connectivity index (χ2n) is 3.86. The van der Waals surface area contributed by atoms with E-state index in [0.29, 0.717) is 17.5 Å². The minimum Gasteiger partial charge on any atom is -0.373 e. The van der Waals surface area contributed by atoms with Gasteiger partial charge in [-0.05, 0) is 24.0 Å². The van der Waals surface area contributed by atoms with Crippen molar-refractivity contribution in [2.75, 3.05) is 23.9 Å². The van der Waals surface area contributed by atoms with Gasteiger partial charge in [0.05, 0.1) is 0 Å². The molecule has 0 unspecified atom stereocenters. The summed E-state index contributed by atoms with van der Waals surface area (Å²) in [5.74, 6) is 1.23. The summed E-state index contributed by atoms with van der Waals surface area (Å²) < 4.78 is 13.1. The summed E-state index contributed by atoms with van der Waals surface area (Å²) >= 11 is 1.47. The summed E-state index contributed by atoms with van der Waals surface area (Å²) in [5, 5.41) is 6.84. The van der Waals surface area contributed by atoms with Crippen LogP contribution in [-0.4, -0.2) is 23.3 Å². The normalized spacial score (nSPS) is 10.3. The van der Waals surface area contributed by atoms with Gasteiger partial charge in [0.2, 0.25) is 0 Å². The van der Waals surface area contributed by atoms with Crippen molar-refractivity contribution < 1.29 is 4.39 Å². The number of thioether (sulfide) groups is 1. The number of anilines is 2. The molecule has 6 heteroatoms. The third kappa shape index (κ3) is 3.82. The molecular weight excluding hydrogens is 263 g/mol. The number of nitrogens with one attached hydrogen (secondary N) is 2. The highest BCUT2D eigenvalue weighted by molar-refractivity contribution is 7.98. The lowest BCUT2D eigenvalue weighted by Gasteiger charge is -2.09. The van der Waals surface area contributed by atoms with E-state index in [1.165, 1.54) is 23.9 Å². The van der Waals surface area contributed by atoms with Gasteiger partial charge in [0.15, 0.2) is 5.16 Å². The number of benzene rings is 1. The zero-order valence-electron chi connectivity index (χ0n) is 10.8. The highest BCUT2D eigenvalue weighted by atomic mass is 32.2. The first-order valence-electron chi connectivity index (χ1n) is 5.80. The van der Waals surface area contributed by atoms with Crippen molar-refractivity contribution in [3.05, 3.63) is 41.7 Å². The van der Waals surface area contributed by atoms with Crippen molar-refractivity contribution >= 4 is 23.4 Å². The molecule has 2 rings (SSSR count). The smallest absolute Gasteiger partial charge is 0.191 e. The average molecular weight is 278 g/mol. The fraction of sp³-hybridized carbons (Fsp3) is 0.231. The molecule has 0 aliphatic rings. The van der Waals surface area contributed by atoms with Crippen LogP contribution in [0.15, 0.2) is 35.5 Å². The topological polar surface area (TPSA) is 49.8 Å². The maximum absolute atomic E-state index is 13.1. The Morgan fingerprint density at radius 3 is 2.68 bits per heavy atom. The minimum atomic E-state index is -0.234. The predicted octanol–water partition coefficient (Wildman–Crippen LogP) is 2.99. The summed E-state index contributed by atoms with van der Waals surface area (Å²) in [7, 11) is 1.81. The molecular formula is C13H15FN4S. The monoisotopic (exact) mass is 278 g/mol. The SMILES string of the molecule is CNc1cc(NCc2cccc(F)c2)nc(SC)n1. The van der Waals surface area contributed by atoms with Crippen molar-refractivity contribution in [2.45, 2.75) is 11.7 Å². The molecule has 1 heterocycles. The van der Waals surface area contributed by atoms with Crippen LogP contribution in [0.1, 0.15) is 5.56 Å². The first-order valence-corrected chi connectivity index (χ1v) is 7.03. The summed E-state index contributed by atoms with van der Waals surface area (Å²) in [6.07, 6.45) is 1.92. The second-order valence-corrected chi connectivity index (χ2v) is 4.63. The molecule has 1 aromatic carbocycles. The summed E-state index contributed by atoms with van der Waals surface area (Å²) in [6.45, 7) is 0.520. The molecule has 0 fully saturated rings. The molecule has 0 aliphatic heterocycles. The predicted molar refractivity (Wildman–Crippen MR) is 77.1 cm³/mol. The van der Waals surface area contributed by atoms with E-state index in [9.17, 15) is 4.39 Å². The van der Waals surface area contributed by atoms with Crippen LogP contribution in [0, 0.1) is 5.82 Å². The van der Waals surface area contributed by atoms with Crippen LogP contribution in [0.2, 0.25) is 0 Å². The van der Waals surface area contributed by atoms with E-state index in [0.717, 1.165) is 11.4 Å². The Bertz CT molecular complexity index is 540. The zero-order valence-corrected chi connectivity index (χ0v) is 11.6. The van der Waals surface area contributed by atoms with Gasteiger partial charge in [0.25, 0.3) is 0 Å². The number of hydrogen-bond acceptors (Lipinski definition) is 5. The van der Waals surface area contributed by atoms with Crippen molar-refractivity contribution in [3.63, 3.8) is 0 Å². The molecule has 19 heavy (non-hydrogen) atoms. The molecule has 2 N–H and O–H groups in total. The Kier molecular flexibility index (Phi) is 4.57. The molecule has 0 radical (unpaired) electrons. The van der Waals surface area contributed by atoms with Gasteiger partial charge >= 0.3 is 0 Å². The van der Waals surface area contributed by atoms with E-state index in [2.05, 4.69) is 20.6 Å². The molecule has 0 spiro atoms. The molecule has 0 bridgehead atoms. The maximum Gasteiger partial charge on any atom is 0.191 e. The highest BCUT2D eigenvalue weighted by Crippen LogP contribution is 2.17. The fourth-order valence-electron chi connectivity index (χ4n) is 1.57. The molecule has 100 valence electrons. The van der Waals surface area contributed by atoms with Gasteiger partial charge in [0.1, 0.15) is 17.5 Å². The molecule has 2 aromatic rings. The quantitative estimate of drug-likeness (QED) is 0.650. The van der Waals surface area contributed by atoms with Crippen LogP contribution in [-0.2, 0) is 6.54 Å². The molecule has 4 nitrogen and oxygen atoms in total. The van der Waals surface area contributed by atoms with Crippen molar-refractivity contribution in [1.82, 2.24) is 9.97 Å². The summed E-state index contributed by atoms with van der Waals surface area (Å²) in [5.41, 5.74) is 0.871. The fourth-order valence-corrected chi connectivity index (χ4v) is 1.95. The average Bonchev–Trinajstić information content (AvgIpc) is 2.44. The van der Waals surface area contributed by atoms with Gasteiger partial charge in [-0.15, -0.1) is 0 Å². The number of rotatable bonds is 5. The zero-order chi connectivity index (χ0) is 13.7. The Labute approximate surface area is 115 Å². The molecule has 1 aromatic heterocycles. The van der Waals surface area contributed by atoms with E-state index in [-0.39, 0.29) is 5.82 Å². The van der Waals surface area contributed by atoms with E-state index in [1.54, 1.807) is 6.07 Å². The van der Waals surface area contributed by atoms with Crippen LogP contribution in [0.5, 0.6) is 0 Å². The van der Waals surface area contributed by atoms with E-state index >= 15 is 0 Å². The molecule has 0 saturated carbocycles. The lowest BCUT2D eigenvalue weighted by atomic mass is 10.2. The first kappa shape index (κ1) is 13.6. The van der Waals surface area contributed by atoms with Crippen LogP contribution >= 0.6 is 11.8 Å². The van der Waals surface area contributed by atoms with Crippen molar-refractivity contribution in [2.24, 2.45) is 0 Å². The Hall–Kier alpha value is -1.82. The van der Waals surface area contributed by atoms with Gasteiger partial charge in [-0.3, -0.25) is 0 Å². The van der Waals surface area contributed by atoms with Crippen molar-refractivity contribution in [1.29, 1.82) is 0 Å². The van der Waals surface area contributed by atoms with Crippen LogP contribution in [0.3, 0.4) is 0 Å². The molecule has 0 saturated heterocycles. The lowest BCUT2D eigenvalue weighted by Crippen LogP contribution is -2.04. The van der Waals surface area contributed by atoms with Gasteiger partial charge in [-0.25, -0.2) is 14.4 Å². The van der Waals surface area contributed by atoms with Gasteiger partial charge in [0, 0.05) is 19.7 Å². The number of aromatic nitrogens is 2. The Balaban J connectivity index is 2.10. The summed E-state index contributed by atoms with van der Waals surface area (Å²) in [6, 6.07) is 8.31. The van der Waals surface area contributed by atoms with Crippen LogP contribution in [0.4, 0.5) is 16.0 Å². The largest absolute Gasteiger partial charge is 0.373 e. The van der Waals surface area contributed by atoms with E-state index < -0.39 is 0 Å². The molecule has 0 atom stereocenters. The third-order valence-corrected chi connectivity index (χ3v) is 3.05. The standard InChI is InChI=1S/C13H15FN4S/c1-15-11-7-12(18-13(17-11)19-2)16-8-9-4-3-5-10(14)6-9/h3-7H,8H2,1-2H3,(H2,15,16,17,18). The van der Waals surface area contributed by atoms with Crippen molar-refractivity contribution in [3.8, 4) is 0 Å². The Morgan fingerprint density at radius 1 is 1.21 bits per heavy atom. The molecule has 0 amide bonds. The molecule has 0 aliphatic carbocycles. The van der Waals surface area contributed by atoms with Gasteiger partial charge < -0.3 is 10.6 Å². The van der Waals surface area contributed by atoms with Crippen LogP contribution in [0.25, 0.3) is 0 Å². The highest BCUT2D eigenvalue weighted by Gasteiger charge is 2.03. The minimum absolute atomic E-state index is 0.234. The van der Waals surface area contributed by atoms with Crippen LogP contribution < -0.4 is 10.6 Å². The summed E-state index contributed by atoms with van der Waals surface area (Å²) in [4.78, 5) is 8.62. The number of nitrogens with zero attached hydrogens (tertiary/aromatic N) is 2. The lowest BCUT2D eigenvalue weighted by molar-refractivity contribution is 0.626.